The van der Waals surface area contributed by atoms with Crippen molar-refractivity contribution in [1.82, 2.24) is 39.9 Å². The summed E-state index contributed by atoms with van der Waals surface area (Å²) in [4.78, 5) is 39.2. The number of benzene rings is 9. The third kappa shape index (κ3) is 7.54. The first-order valence-electron chi connectivity index (χ1n) is 25.5. The molecule has 0 aliphatic heterocycles. The van der Waals surface area contributed by atoms with Crippen molar-refractivity contribution in [2.24, 2.45) is 0 Å². The number of aromatic nitrogens is 8. The predicted molar refractivity (Wildman–Crippen MR) is 302 cm³/mol. The van der Waals surface area contributed by atoms with Gasteiger partial charge >= 0.3 is 0 Å². The Hall–Kier alpha value is -10.2. The van der Waals surface area contributed by atoms with Crippen LogP contribution in [-0.2, 0) is 0 Å². The highest BCUT2D eigenvalue weighted by atomic mass is 14.9. The molecule has 9 aromatic carbocycles. The van der Waals surface area contributed by atoms with Gasteiger partial charge in [0.1, 0.15) is 0 Å². The Balaban J connectivity index is 0.801. The molecule has 354 valence electrons. The molecule has 0 amide bonds. The molecule has 8 heteroatoms. The van der Waals surface area contributed by atoms with E-state index in [0.29, 0.717) is 11.6 Å². The number of rotatable bonds is 8. The van der Waals surface area contributed by atoms with Gasteiger partial charge in [-0.15, -0.1) is 0 Å². The quantitative estimate of drug-likeness (QED) is 0.148. The second-order valence-electron chi connectivity index (χ2n) is 19.5. The molecule has 2 unspecified atom stereocenters. The molecule has 76 heavy (non-hydrogen) atoms. The third-order valence-corrected chi connectivity index (χ3v) is 15.1. The molecule has 0 N–H and O–H groups in total. The van der Waals surface area contributed by atoms with Crippen LogP contribution in [-0.4, -0.2) is 39.9 Å². The van der Waals surface area contributed by atoms with E-state index in [2.05, 4.69) is 214 Å². The summed E-state index contributed by atoms with van der Waals surface area (Å²) in [5.74, 6) is 1.41. The molecule has 4 aromatic heterocycles. The second kappa shape index (κ2) is 17.8. The summed E-state index contributed by atoms with van der Waals surface area (Å²) in [5.41, 5.74) is 25.2. The van der Waals surface area contributed by atoms with Crippen LogP contribution in [0.1, 0.15) is 45.2 Å². The van der Waals surface area contributed by atoms with Gasteiger partial charge in [-0.3, -0.25) is 19.9 Å². The summed E-state index contributed by atoms with van der Waals surface area (Å²) in [7, 11) is 0. The zero-order valence-corrected chi connectivity index (χ0v) is 40.8. The van der Waals surface area contributed by atoms with Crippen molar-refractivity contribution in [1.29, 1.82) is 0 Å². The van der Waals surface area contributed by atoms with E-state index in [1.54, 1.807) is 24.8 Å². The second-order valence-corrected chi connectivity index (χ2v) is 19.5. The molecule has 8 nitrogen and oxygen atoms in total. The van der Waals surface area contributed by atoms with Crippen LogP contribution in [0.3, 0.4) is 0 Å². The van der Waals surface area contributed by atoms with Crippen molar-refractivity contribution in [3.05, 3.63) is 277 Å². The van der Waals surface area contributed by atoms with Crippen LogP contribution >= 0.6 is 0 Å². The maximum absolute atomic E-state index is 5.33. The highest BCUT2D eigenvalue weighted by Gasteiger charge is 2.41. The van der Waals surface area contributed by atoms with Gasteiger partial charge in [-0.25, -0.2) is 19.9 Å². The first-order chi connectivity index (χ1) is 37.6. The standard InChI is InChI=1S/C68H42N8/c1-3-9-43(10-4-1)59-39-61(45-19-15-41(16-20-45)47-25-29-57-63(37-47)71-33-31-69-57)75-67(73-59)49-23-27-53-55(35-49)65-51-13-7-8-14-52(51)66(53)56-36-50(24-28-54(56)65)68-74-60(44-11-5-2-6-12-44)40-62(76-68)46-21-17-42(18-22-46)48-26-30-58-64(38-48)72-34-32-70-58/h1-40,65-66H. The fourth-order valence-electron chi connectivity index (χ4n) is 11.4. The molecule has 0 saturated heterocycles. The van der Waals surface area contributed by atoms with Gasteiger partial charge in [-0.2, -0.15) is 0 Å². The van der Waals surface area contributed by atoms with Crippen LogP contribution in [0.4, 0.5) is 0 Å². The van der Waals surface area contributed by atoms with Gasteiger partial charge in [0.25, 0.3) is 0 Å². The summed E-state index contributed by atoms with van der Waals surface area (Å²) < 4.78 is 0. The van der Waals surface area contributed by atoms with Crippen LogP contribution in [0.5, 0.6) is 0 Å². The number of hydrogen-bond acceptors (Lipinski definition) is 8. The summed E-state index contributed by atoms with van der Waals surface area (Å²) in [6.45, 7) is 0. The van der Waals surface area contributed by atoms with E-state index in [-0.39, 0.29) is 11.8 Å². The van der Waals surface area contributed by atoms with Crippen molar-refractivity contribution < 1.29 is 0 Å². The van der Waals surface area contributed by atoms with Gasteiger partial charge in [0.15, 0.2) is 11.6 Å². The smallest absolute Gasteiger partial charge is 0.160 e. The van der Waals surface area contributed by atoms with Gasteiger partial charge < -0.3 is 0 Å². The Labute approximate surface area is 438 Å². The fourth-order valence-corrected chi connectivity index (χ4v) is 11.4. The lowest BCUT2D eigenvalue weighted by Gasteiger charge is -2.42. The van der Waals surface area contributed by atoms with E-state index in [1.165, 1.54) is 33.4 Å². The van der Waals surface area contributed by atoms with Crippen molar-refractivity contribution in [2.45, 2.75) is 11.8 Å². The summed E-state index contributed by atoms with van der Waals surface area (Å²) >= 11 is 0. The van der Waals surface area contributed by atoms with E-state index in [4.69, 9.17) is 19.9 Å². The fraction of sp³-hybridized carbons (Fsp3) is 0.0294. The van der Waals surface area contributed by atoms with Crippen LogP contribution in [0, 0.1) is 0 Å². The monoisotopic (exact) mass is 970 g/mol. The van der Waals surface area contributed by atoms with E-state index >= 15 is 0 Å². The van der Waals surface area contributed by atoms with Crippen molar-refractivity contribution in [3.63, 3.8) is 0 Å². The minimum Gasteiger partial charge on any atom is -0.253 e. The first kappa shape index (κ1) is 43.4. The van der Waals surface area contributed by atoms with Gasteiger partial charge in [0.2, 0.25) is 0 Å². The van der Waals surface area contributed by atoms with E-state index < -0.39 is 0 Å². The molecular weight excluding hydrogens is 929 g/mol. The maximum Gasteiger partial charge on any atom is 0.160 e. The van der Waals surface area contributed by atoms with E-state index in [1.807, 2.05) is 24.3 Å². The van der Waals surface area contributed by atoms with Crippen LogP contribution < -0.4 is 0 Å². The molecule has 16 rings (SSSR count). The Kier molecular flexibility index (Phi) is 10.2. The molecule has 3 aliphatic rings. The zero-order valence-electron chi connectivity index (χ0n) is 40.8. The molecule has 0 spiro atoms. The van der Waals surface area contributed by atoms with Crippen molar-refractivity contribution in [2.75, 3.05) is 0 Å². The first-order valence-corrected chi connectivity index (χ1v) is 25.5. The highest BCUT2D eigenvalue weighted by molar-refractivity contribution is 5.84. The Morgan fingerprint density at radius 3 is 0.934 bits per heavy atom. The average molecular weight is 971 g/mol. The van der Waals surface area contributed by atoms with E-state index in [9.17, 15) is 0 Å². The third-order valence-electron chi connectivity index (χ3n) is 15.1. The molecule has 0 radical (unpaired) electrons. The largest absolute Gasteiger partial charge is 0.253 e. The normalized spacial score (nSPS) is 14.1. The SMILES string of the molecule is c1ccc(-c2cc(-c3ccc(-c4ccc5nccnc5c4)cc3)nc(-c3ccc4c(c3)C3c5ccccc5C4c4cc(-c5nc(-c6ccccc6)cc(-c6ccc(-c7ccc8nccnc8c7)cc6)n5)ccc43)n2)cc1. The lowest BCUT2D eigenvalue weighted by atomic mass is 9.61. The van der Waals surface area contributed by atoms with Crippen molar-refractivity contribution >= 4 is 22.1 Å². The van der Waals surface area contributed by atoms with Gasteiger partial charge in [0, 0.05) is 70.0 Å². The minimum absolute atomic E-state index is 0.0194. The van der Waals surface area contributed by atoms with E-state index in [0.717, 1.165) is 100 Å². The van der Waals surface area contributed by atoms with Gasteiger partial charge in [-0.1, -0.05) is 170 Å². The molecule has 3 aliphatic carbocycles. The highest BCUT2D eigenvalue weighted by Crippen LogP contribution is 2.56. The maximum atomic E-state index is 5.33. The van der Waals surface area contributed by atoms with Gasteiger partial charge in [0.05, 0.1) is 44.8 Å². The van der Waals surface area contributed by atoms with Crippen LogP contribution in [0.25, 0.3) is 112 Å². The molecule has 0 saturated carbocycles. The van der Waals surface area contributed by atoms with Gasteiger partial charge in [-0.05, 0) is 104 Å². The summed E-state index contributed by atoms with van der Waals surface area (Å²) in [5, 5.41) is 0. The van der Waals surface area contributed by atoms with Crippen molar-refractivity contribution in [3.8, 4) is 90.1 Å². The lowest BCUT2D eigenvalue weighted by molar-refractivity contribution is 0.754. The molecule has 2 bridgehead atoms. The Bertz CT molecular complexity index is 4120. The summed E-state index contributed by atoms with van der Waals surface area (Å²) in [6, 6.07) is 77.3. The lowest BCUT2D eigenvalue weighted by Crippen LogP contribution is -2.27. The average Bonchev–Trinajstić information content (AvgIpc) is 3.58. The predicted octanol–water partition coefficient (Wildman–Crippen LogP) is 15.5. The molecule has 4 heterocycles. The number of hydrogen-bond donors (Lipinski definition) is 0. The molecule has 13 aromatic rings. The Morgan fingerprint density at radius 1 is 0.211 bits per heavy atom. The van der Waals surface area contributed by atoms with Crippen LogP contribution in [0.15, 0.2) is 243 Å². The Morgan fingerprint density at radius 2 is 0.526 bits per heavy atom. The molecule has 2 atom stereocenters. The summed E-state index contributed by atoms with van der Waals surface area (Å²) in [6.07, 6.45) is 6.91. The molecular formula is C68H42N8. The minimum atomic E-state index is 0.0194. The topological polar surface area (TPSA) is 103 Å². The number of fused-ring (bicyclic) bond motifs is 2. The zero-order chi connectivity index (χ0) is 50.1. The van der Waals surface area contributed by atoms with Crippen LogP contribution in [0.2, 0.25) is 0 Å². The molecule has 0 fully saturated rings. The number of nitrogens with zero attached hydrogens (tertiary/aromatic N) is 8.